The molecule has 1 N–H and O–H groups in total. The monoisotopic (exact) mass is 263 g/mol. The van der Waals surface area contributed by atoms with Gasteiger partial charge in [-0.25, -0.2) is 4.39 Å². The first-order valence-electron chi connectivity index (χ1n) is 5.40. The summed E-state index contributed by atoms with van der Waals surface area (Å²) in [6.07, 6.45) is 0. The SMILES string of the molecule is Cc1cccc(Cl)c1NC(=O)c1ccccc1F. The van der Waals surface area contributed by atoms with E-state index in [1.165, 1.54) is 18.2 Å². The van der Waals surface area contributed by atoms with E-state index in [0.29, 0.717) is 10.7 Å². The van der Waals surface area contributed by atoms with Gasteiger partial charge >= 0.3 is 0 Å². The zero-order chi connectivity index (χ0) is 13.1. The number of carbonyl (C=O) groups is 1. The standard InChI is InChI=1S/C14H11ClFNO/c1-9-5-4-7-11(15)13(9)17-14(18)10-6-2-3-8-12(10)16/h2-8H,1H3,(H,17,18). The van der Waals surface area contributed by atoms with Gasteiger partial charge < -0.3 is 5.32 Å². The molecule has 4 heteroatoms. The highest BCUT2D eigenvalue weighted by atomic mass is 35.5. The molecule has 2 aromatic carbocycles. The van der Waals surface area contributed by atoms with Crippen LogP contribution in [0.15, 0.2) is 42.5 Å². The minimum absolute atomic E-state index is 0.00294. The lowest BCUT2D eigenvalue weighted by atomic mass is 10.1. The summed E-state index contributed by atoms with van der Waals surface area (Å²) < 4.78 is 13.5. The van der Waals surface area contributed by atoms with E-state index in [9.17, 15) is 9.18 Å². The number of carbonyl (C=O) groups excluding carboxylic acids is 1. The van der Waals surface area contributed by atoms with Gasteiger partial charge in [0, 0.05) is 0 Å². The Hall–Kier alpha value is -1.87. The third-order valence-electron chi connectivity index (χ3n) is 2.58. The van der Waals surface area contributed by atoms with Crippen molar-refractivity contribution in [2.45, 2.75) is 6.92 Å². The van der Waals surface area contributed by atoms with E-state index in [1.54, 1.807) is 18.2 Å². The number of halogens is 2. The molecule has 92 valence electrons. The van der Waals surface area contributed by atoms with Crippen molar-refractivity contribution < 1.29 is 9.18 Å². The molecule has 2 nitrogen and oxygen atoms in total. The highest BCUT2D eigenvalue weighted by molar-refractivity contribution is 6.34. The maximum absolute atomic E-state index is 13.5. The first-order valence-corrected chi connectivity index (χ1v) is 5.78. The highest BCUT2D eigenvalue weighted by Crippen LogP contribution is 2.25. The van der Waals surface area contributed by atoms with Gasteiger partial charge in [0.2, 0.25) is 0 Å². The first kappa shape index (κ1) is 12.6. The highest BCUT2D eigenvalue weighted by Gasteiger charge is 2.13. The van der Waals surface area contributed by atoms with Crippen molar-refractivity contribution in [3.05, 3.63) is 64.4 Å². The van der Waals surface area contributed by atoms with Crippen LogP contribution in [-0.2, 0) is 0 Å². The fourth-order valence-corrected chi connectivity index (χ4v) is 1.89. The molecule has 0 spiro atoms. The Balaban J connectivity index is 2.30. The van der Waals surface area contributed by atoms with E-state index in [1.807, 2.05) is 13.0 Å². The van der Waals surface area contributed by atoms with Gasteiger partial charge in [0.25, 0.3) is 5.91 Å². The Bertz CT molecular complexity index is 578. The maximum Gasteiger partial charge on any atom is 0.258 e. The molecule has 0 unspecified atom stereocenters. The van der Waals surface area contributed by atoms with Gasteiger partial charge in [-0.05, 0) is 30.7 Å². The fraction of sp³-hybridized carbons (Fsp3) is 0.0714. The molecule has 0 heterocycles. The number of para-hydroxylation sites is 1. The van der Waals surface area contributed by atoms with Gasteiger partial charge in [0.1, 0.15) is 5.82 Å². The summed E-state index contributed by atoms with van der Waals surface area (Å²) in [5, 5.41) is 3.05. The molecule has 0 radical (unpaired) electrons. The van der Waals surface area contributed by atoms with E-state index in [-0.39, 0.29) is 5.56 Å². The van der Waals surface area contributed by atoms with Crippen molar-refractivity contribution in [3.8, 4) is 0 Å². The minimum atomic E-state index is -0.556. The van der Waals surface area contributed by atoms with Gasteiger partial charge in [0.15, 0.2) is 0 Å². The van der Waals surface area contributed by atoms with Crippen LogP contribution >= 0.6 is 11.6 Å². The molecule has 0 saturated heterocycles. The molecule has 0 aliphatic heterocycles. The van der Waals surface area contributed by atoms with Crippen LogP contribution in [0.4, 0.5) is 10.1 Å². The van der Waals surface area contributed by atoms with Crippen molar-refractivity contribution >= 4 is 23.2 Å². The first-order chi connectivity index (χ1) is 8.59. The van der Waals surface area contributed by atoms with Gasteiger partial charge in [-0.1, -0.05) is 35.9 Å². The number of amides is 1. The number of rotatable bonds is 2. The minimum Gasteiger partial charge on any atom is -0.320 e. The van der Waals surface area contributed by atoms with Gasteiger partial charge in [0.05, 0.1) is 16.3 Å². The average Bonchev–Trinajstić information content (AvgIpc) is 2.34. The molecule has 18 heavy (non-hydrogen) atoms. The normalized spacial score (nSPS) is 10.2. The Morgan fingerprint density at radius 1 is 1.17 bits per heavy atom. The van der Waals surface area contributed by atoms with Crippen LogP contribution in [0.5, 0.6) is 0 Å². The van der Waals surface area contributed by atoms with E-state index >= 15 is 0 Å². The fourth-order valence-electron chi connectivity index (χ4n) is 1.62. The van der Waals surface area contributed by atoms with Crippen LogP contribution in [0.1, 0.15) is 15.9 Å². The van der Waals surface area contributed by atoms with Crippen molar-refractivity contribution in [1.29, 1.82) is 0 Å². The third-order valence-corrected chi connectivity index (χ3v) is 2.89. The number of benzene rings is 2. The Kier molecular flexibility index (Phi) is 3.63. The predicted octanol–water partition coefficient (Wildman–Crippen LogP) is 4.04. The van der Waals surface area contributed by atoms with E-state index < -0.39 is 11.7 Å². The molecule has 0 aromatic heterocycles. The number of nitrogens with one attached hydrogen (secondary N) is 1. The second-order valence-corrected chi connectivity index (χ2v) is 4.27. The molecule has 0 fully saturated rings. The zero-order valence-corrected chi connectivity index (χ0v) is 10.5. The van der Waals surface area contributed by atoms with E-state index in [2.05, 4.69) is 5.32 Å². The lowest BCUT2D eigenvalue weighted by molar-refractivity contribution is 0.102. The van der Waals surface area contributed by atoms with Crippen molar-refractivity contribution in [1.82, 2.24) is 0 Å². The van der Waals surface area contributed by atoms with Crippen LogP contribution in [0, 0.1) is 12.7 Å². The lowest BCUT2D eigenvalue weighted by Crippen LogP contribution is -2.14. The van der Waals surface area contributed by atoms with Gasteiger partial charge in [-0.2, -0.15) is 0 Å². The van der Waals surface area contributed by atoms with E-state index in [4.69, 9.17) is 11.6 Å². The Morgan fingerprint density at radius 3 is 2.56 bits per heavy atom. The molecule has 0 aliphatic carbocycles. The molecular weight excluding hydrogens is 253 g/mol. The van der Waals surface area contributed by atoms with Crippen LogP contribution in [0.2, 0.25) is 5.02 Å². The lowest BCUT2D eigenvalue weighted by Gasteiger charge is -2.10. The predicted molar refractivity (Wildman–Crippen MR) is 70.5 cm³/mol. The van der Waals surface area contributed by atoms with Crippen LogP contribution in [0.3, 0.4) is 0 Å². The van der Waals surface area contributed by atoms with Crippen LogP contribution < -0.4 is 5.32 Å². The maximum atomic E-state index is 13.5. The molecule has 0 atom stereocenters. The third kappa shape index (κ3) is 2.51. The van der Waals surface area contributed by atoms with Gasteiger partial charge in [-0.3, -0.25) is 4.79 Å². The summed E-state index contributed by atoms with van der Waals surface area (Å²) in [7, 11) is 0. The zero-order valence-electron chi connectivity index (χ0n) is 9.71. The summed E-state index contributed by atoms with van der Waals surface area (Å²) >= 11 is 5.99. The molecule has 2 rings (SSSR count). The quantitative estimate of drug-likeness (QED) is 0.870. The summed E-state index contributed by atoms with van der Waals surface area (Å²) in [5.74, 6) is -1.07. The molecule has 2 aromatic rings. The second-order valence-electron chi connectivity index (χ2n) is 3.87. The molecule has 0 aliphatic rings. The van der Waals surface area contributed by atoms with Crippen molar-refractivity contribution in [2.75, 3.05) is 5.32 Å². The van der Waals surface area contributed by atoms with Gasteiger partial charge in [-0.15, -0.1) is 0 Å². The average molecular weight is 264 g/mol. The number of anilines is 1. The summed E-state index contributed by atoms with van der Waals surface area (Å²) in [6, 6.07) is 11.1. The van der Waals surface area contributed by atoms with Crippen LogP contribution in [0.25, 0.3) is 0 Å². The number of hydrogen-bond donors (Lipinski definition) is 1. The summed E-state index contributed by atoms with van der Waals surface area (Å²) in [5.41, 5.74) is 1.33. The molecule has 1 amide bonds. The molecule has 0 bridgehead atoms. The topological polar surface area (TPSA) is 29.1 Å². The second kappa shape index (κ2) is 5.19. The Morgan fingerprint density at radius 2 is 1.89 bits per heavy atom. The van der Waals surface area contributed by atoms with Crippen LogP contribution in [-0.4, -0.2) is 5.91 Å². The summed E-state index contributed by atoms with van der Waals surface area (Å²) in [6.45, 7) is 1.82. The van der Waals surface area contributed by atoms with Crippen molar-refractivity contribution in [3.63, 3.8) is 0 Å². The Labute approximate surface area is 109 Å². The number of hydrogen-bond acceptors (Lipinski definition) is 1. The largest absolute Gasteiger partial charge is 0.320 e. The molecule has 0 saturated carbocycles. The van der Waals surface area contributed by atoms with Crippen molar-refractivity contribution in [2.24, 2.45) is 0 Å². The molecular formula is C14H11ClFNO. The smallest absolute Gasteiger partial charge is 0.258 e. The summed E-state index contributed by atoms with van der Waals surface area (Å²) in [4.78, 5) is 11.9. The van der Waals surface area contributed by atoms with E-state index in [0.717, 1.165) is 5.56 Å². The number of aryl methyl sites for hydroxylation is 1.